The van der Waals surface area contributed by atoms with Crippen molar-refractivity contribution in [1.29, 1.82) is 0 Å². The van der Waals surface area contributed by atoms with Crippen LogP contribution in [0.2, 0.25) is 5.02 Å². The molecule has 0 heterocycles. The summed E-state index contributed by atoms with van der Waals surface area (Å²) in [7, 11) is 0. The number of hydrogen-bond donors (Lipinski definition) is 0. The van der Waals surface area contributed by atoms with Gasteiger partial charge in [-0.05, 0) is 17.7 Å². The first-order chi connectivity index (χ1) is 5.74. The molecule has 3 heteroatoms. The predicted molar refractivity (Wildman–Crippen MR) is 51.2 cm³/mol. The van der Waals surface area contributed by atoms with Gasteiger partial charge in [-0.3, -0.25) is 0 Å². The third kappa shape index (κ3) is 2.50. The van der Waals surface area contributed by atoms with Gasteiger partial charge in [-0.1, -0.05) is 29.8 Å². The van der Waals surface area contributed by atoms with E-state index < -0.39 is 5.82 Å². The molecule has 1 rings (SSSR count). The van der Waals surface area contributed by atoms with Crippen LogP contribution in [-0.2, 0) is 0 Å². The van der Waals surface area contributed by atoms with E-state index >= 15 is 0 Å². The lowest BCUT2D eigenvalue weighted by Gasteiger charge is -1.95. The summed E-state index contributed by atoms with van der Waals surface area (Å²) < 4.78 is 12.6. The maximum atomic E-state index is 12.6. The Kier molecular flexibility index (Phi) is 3.57. The van der Waals surface area contributed by atoms with Crippen molar-refractivity contribution in [3.63, 3.8) is 0 Å². The highest BCUT2D eigenvalue weighted by atomic mass is 35.5. The number of hydrogen-bond acceptors (Lipinski definition) is 0. The largest absolute Gasteiger partial charge is 0.205 e. The van der Waals surface area contributed by atoms with Crippen molar-refractivity contribution in [3.8, 4) is 0 Å². The molecule has 0 saturated carbocycles. The molecule has 0 aromatic heterocycles. The maximum absolute atomic E-state index is 12.6. The van der Waals surface area contributed by atoms with Crippen LogP contribution in [-0.4, -0.2) is 5.88 Å². The lowest BCUT2D eigenvalue weighted by molar-refractivity contribution is 0.628. The highest BCUT2D eigenvalue weighted by Crippen LogP contribution is 2.16. The van der Waals surface area contributed by atoms with Gasteiger partial charge in [0, 0.05) is 5.88 Å². The van der Waals surface area contributed by atoms with Crippen LogP contribution in [0.3, 0.4) is 0 Å². The summed E-state index contributed by atoms with van der Waals surface area (Å²) in [4.78, 5) is 0. The molecule has 0 radical (unpaired) electrons. The highest BCUT2D eigenvalue weighted by molar-refractivity contribution is 6.30. The Labute approximate surface area is 80.6 Å². The average molecular weight is 205 g/mol. The number of benzene rings is 1. The van der Waals surface area contributed by atoms with E-state index in [9.17, 15) is 4.39 Å². The van der Waals surface area contributed by atoms with Gasteiger partial charge in [0.15, 0.2) is 0 Å². The van der Waals surface area contributed by atoms with Crippen molar-refractivity contribution >= 4 is 29.3 Å². The van der Waals surface area contributed by atoms with Crippen LogP contribution in [0.25, 0.3) is 6.08 Å². The molecule has 64 valence electrons. The molecule has 0 nitrogen and oxygen atoms in total. The Morgan fingerprint density at radius 3 is 2.75 bits per heavy atom. The molecule has 1 aromatic carbocycles. The number of allylic oxidation sites excluding steroid dienone is 1. The lowest BCUT2D eigenvalue weighted by Crippen LogP contribution is -1.78. The molecule has 0 fully saturated rings. The minimum Gasteiger partial charge on any atom is -0.205 e. The molecule has 0 spiro atoms. The molecule has 12 heavy (non-hydrogen) atoms. The molecule has 0 saturated heterocycles. The molecule has 0 atom stereocenters. The fourth-order valence-electron chi connectivity index (χ4n) is 0.797. The molecule has 0 aliphatic carbocycles. The standard InChI is InChI=1S/C9H7Cl2F/c10-5-1-2-7-3-4-9(12)8(11)6-7/h1-4,6H,5H2. The summed E-state index contributed by atoms with van der Waals surface area (Å²) in [5.74, 6) is 0.0364. The van der Waals surface area contributed by atoms with Gasteiger partial charge in [0.1, 0.15) is 5.82 Å². The van der Waals surface area contributed by atoms with Crippen molar-refractivity contribution in [2.24, 2.45) is 0 Å². The Bertz CT molecular complexity index is 295. The first-order valence-electron chi connectivity index (χ1n) is 3.41. The first-order valence-corrected chi connectivity index (χ1v) is 4.33. The van der Waals surface area contributed by atoms with E-state index in [2.05, 4.69) is 0 Å². The van der Waals surface area contributed by atoms with Crippen LogP contribution < -0.4 is 0 Å². The average Bonchev–Trinajstić information content (AvgIpc) is 2.07. The van der Waals surface area contributed by atoms with Gasteiger partial charge in [-0.2, -0.15) is 0 Å². The topological polar surface area (TPSA) is 0 Å². The fourth-order valence-corrected chi connectivity index (χ4v) is 1.07. The SMILES string of the molecule is Fc1ccc(C=CCCl)cc1Cl. The van der Waals surface area contributed by atoms with Gasteiger partial charge in [0.2, 0.25) is 0 Å². The molecular formula is C9H7Cl2F. The van der Waals surface area contributed by atoms with Gasteiger partial charge in [0.05, 0.1) is 5.02 Å². The Morgan fingerprint density at radius 2 is 2.17 bits per heavy atom. The van der Waals surface area contributed by atoms with Gasteiger partial charge in [-0.15, -0.1) is 11.6 Å². The maximum Gasteiger partial charge on any atom is 0.141 e. The third-order valence-electron chi connectivity index (χ3n) is 1.34. The predicted octanol–water partition coefficient (Wildman–Crippen LogP) is 3.73. The van der Waals surface area contributed by atoms with Gasteiger partial charge < -0.3 is 0 Å². The van der Waals surface area contributed by atoms with Gasteiger partial charge in [-0.25, -0.2) is 4.39 Å². The van der Waals surface area contributed by atoms with E-state index in [0.29, 0.717) is 5.88 Å². The van der Waals surface area contributed by atoms with Crippen molar-refractivity contribution in [3.05, 3.63) is 40.7 Å². The second-order valence-electron chi connectivity index (χ2n) is 2.23. The second kappa shape index (κ2) is 4.48. The summed E-state index contributed by atoms with van der Waals surface area (Å²) in [5.41, 5.74) is 0.849. The van der Waals surface area contributed by atoms with Crippen molar-refractivity contribution < 1.29 is 4.39 Å². The number of halogens is 3. The van der Waals surface area contributed by atoms with Crippen LogP contribution in [0.1, 0.15) is 5.56 Å². The Morgan fingerprint density at radius 1 is 1.42 bits per heavy atom. The van der Waals surface area contributed by atoms with Crippen molar-refractivity contribution in [2.45, 2.75) is 0 Å². The molecule has 0 unspecified atom stereocenters. The zero-order valence-corrected chi connectivity index (χ0v) is 7.74. The quantitative estimate of drug-likeness (QED) is 0.645. The molecular weight excluding hydrogens is 198 g/mol. The number of rotatable bonds is 2. The normalized spacial score (nSPS) is 10.9. The Hall–Kier alpha value is -0.530. The van der Waals surface area contributed by atoms with E-state index in [-0.39, 0.29) is 5.02 Å². The molecule has 0 aliphatic heterocycles. The Balaban J connectivity index is 2.89. The van der Waals surface area contributed by atoms with E-state index in [1.807, 2.05) is 0 Å². The lowest BCUT2D eigenvalue weighted by atomic mass is 10.2. The molecule has 1 aromatic rings. The van der Waals surface area contributed by atoms with E-state index in [1.54, 1.807) is 24.3 Å². The monoisotopic (exact) mass is 204 g/mol. The molecule has 0 N–H and O–H groups in total. The highest BCUT2D eigenvalue weighted by Gasteiger charge is 1.97. The summed E-state index contributed by atoms with van der Waals surface area (Å²) in [6.07, 6.45) is 3.56. The minimum atomic E-state index is -0.403. The van der Waals surface area contributed by atoms with Crippen LogP contribution in [0.5, 0.6) is 0 Å². The third-order valence-corrected chi connectivity index (χ3v) is 1.81. The van der Waals surface area contributed by atoms with E-state index in [4.69, 9.17) is 23.2 Å². The van der Waals surface area contributed by atoms with Crippen LogP contribution in [0, 0.1) is 5.82 Å². The first kappa shape index (κ1) is 9.56. The van der Waals surface area contributed by atoms with Gasteiger partial charge in [0.25, 0.3) is 0 Å². The zero-order valence-electron chi connectivity index (χ0n) is 6.23. The van der Waals surface area contributed by atoms with E-state index in [0.717, 1.165) is 5.56 Å². The van der Waals surface area contributed by atoms with E-state index in [1.165, 1.54) is 6.07 Å². The second-order valence-corrected chi connectivity index (χ2v) is 2.95. The summed E-state index contributed by atoms with van der Waals surface area (Å²) in [6, 6.07) is 4.53. The summed E-state index contributed by atoms with van der Waals surface area (Å²) in [5, 5.41) is 0.131. The van der Waals surface area contributed by atoms with Crippen molar-refractivity contribution in [2.75, 3.05) is 5.88 Å². The molecule has 0 aliphatic rings. The summed E-state index contributed by atoms with van der Waals surface area (Å²) >= 11 is 11.0. The smallest absolute Gasteiger partial charge is 0.141 e. The van der Waals surface area contributed by atoms with Crippen LogP contribution in [0.4, 0.5) is 4.39 Å². The summed E-state index contributed by atoms with van der Waals surface area (Å²) in [6.45, 7) is 0. The fraction of sp³-hybridized carbons (Fsp3) is 0.111. The zero-order chi connectivity index (χ0) is 8.97. The van der Waals surface area contributed by atoms with Gasteiger partial charge >= 0.3 is 0 Å². The molecule has 0 bridgehead atoms. The minimum absolute atomic E-state index is 0.131. The van der Waals surface area contributed by atoms with Crippen LogP contribution in [0.15, 0.2) is 24.3 Å². The van der Waals surface area contributed by atoms with Crippen molar-refractivity contribution in [1.82, 2.24) is 0 Å². The van der Waals surface area contributed by atoms with Crippen LogP contribution >= 0.6 is 23.2 Å². The number of alkyl halides is 1. The molecule has 0 amide bonds.